The van der Waals surface area contributed by atoms with Gasteiger partial charge in [0.2, 0.25) is 0 Å². The predicted molar refractivity (Wildman–Crippen MR) is 254 cm³/mol. The lowest BCUT2D eigenvalue weighted by molar-refractivity contribution is -0.870. The van der Waals surface area contributed by atoms with Crippen LogP contribution in [0.1, 0.15) is 239 Å². The number of phosphoric ester groups is 1. The zero-order chi connectivity index (χ0) is 44.1. The Morgan fingerprint density at radius 3 is 1.35 bits per heavy atom. The molecule has 0 amide bonds. The Labute approximate surface area is 373 Å². The Morgan fingerprint density at radius 2 is 0.917 bits per heavy atom. The van der Waals surface area contributed by atoms with Crippen molar-refractivity contribution in [3.63, 3.8) is 0 Å². The lowest BCUT2D eigenvalue weighted by Gasteiger charge is -2.28. The molecule has 0 aromatic heterocycles. The summed E-state index contributed by atoms with van der Waals surface area (Å²) in [5.41, 5.74) is 0. The van der Waals surface area contributed by atoms with Crippen molar-refractivity contribution in [1.82, 2.24) is 0 Å². The average Bonchev–Trinajstić information content (AvgIpc) is 3.20. The van der Waals surface area contributed by atoms with Gasteiger partial charge in [-0.05, 0) is 44.9 Å². The van der Waals surface area contributed by atoms with Gasteiger partial charge in [0.25, 0.3) is 7.82 Å². The Hall–Kier alpha value is -1.02. The topological polar surface area (TPSA) is 94.1 Å². The van der Waals surface area contributed by atoms with Crippen molar-refractivity contribution in [3.05, 3.63) is 24.3 Å². The molecule has 8 nitrogen and oxygen atoms in total. The first-order valence-electron chi connectivity index (χ1n) is 25.6. The molecule has 0 fully saturated rings. The lowest BCUT2D eigenvalue weighted by atomic mass is 10.0. The maximum atomic E-state index is 12.7. The summed E-state index contributed by atoms with van der Waals surface area (Å²) >= 11 is 0. The summed E-state index contributed by atoms with van der Waals surface area (Å²) in [5, 5.41) is 0. The number of nitrogens with zero attached hydrogens (tertiary/aromatic N) is 1. The second-order valence-corrected chi connectivity index (χ2v) is 19.9. The fourth-order valence-electron chi connectivity index (χ4n) is 7.28. The van der Waals surface area contributed by atoms with E-state index in [9.17, 15) is 14.3 Å². The van der Waals surface area contributed by atoms with Gasteiger partial charge in [0.15, 0.2) is 0 Å². The molecule has 0 aliphatic carbocycles. The second-order valence-electron chi connectivity index (χ2n) is 18.5. The Kier molecular flexibility index (Phi) is 43.8. The van der Waals surface area contributed by atoms with Crippen LogP contribution >= 0.6 is 7.82 Å². The molecule has 0 saturated heterocycles. The summed E-state index contributed by atoms with van der Waals surface area (Å²) in [7, 11) is 1.36. The van der Waals surface area contributed by atoms with Crippen molar-refractivity contribution in [2.24, 2.45) is 0 Å². The monoisotopic (exact) mass is 870 g/mol. The molecule has 0 aromatic carbocycles. The van der Waals surface area contributed by atoms with Crippen LogP contribution in [0.25, 0.3) is 0 Å². The number of hydrogen-bond donors (Lipinski definition) is 0. The first-order chi connectivity index (χ1) is 29.1. The van der Waals surface area contributed by atoms with Crippen molar-refractivity contribution in [3.8, 4) is 0 Å². The van der Waals surface area contributed by atoms with Gasteiger partial charge in [-0.2, -0.15) is 0 Å². The zero-order valence-electron chi connectivity index (χ0n) is 40.4. The summed E-state index contributed by atoms with van der Waals surface area (Å²) in [6.07, 6.45) is 51.9. The van der Waals surface area contributed by atoms with Crippen LogP contribution in [0.2, 0.25) is 0 Å². The molecule has 0 saturated carbocycles. The van der Waals surface area contributed by atoms with E-state index in [1.54, 1.807) is 0 Å². The van der Waals surface area contributed by atoms with E-state index in [1.165, 1.54) is 180 Å². The van der Waals surface area contributed by atoms with Crippen molar-refractivity contribution >= 4 is 13.8 Å². The summed E-state index contributed by atoms with van der Waals surface area (Å²) in [6, 6.07) is 0. The van der Waals surface area contributed by atoms with Gasteiger partial charge in [0, 0.05) is 13.0 Å². The molecule has 2 atom stereocenters. The zero-order valence-corrected chi connectivity index (χ0v) is 41.3. The van der Waals surface area contributed by atoms with Gasteiger partial charge in [0.1, 0.15) is 19.3 Å². The molecule has 0 heterocycles. The number of phosphoric acid groups is 1. The van der Waals surface area contributed by atoms with Crippen LogP contribution in [0.4, 0.5) is 0 Å². The smallest absolute Gasteiger partial charge is 0.306 e. The first-order valence-corrected chi connectivity index (χ1v) is 27.0. The third kappa shape index (κ3) is 48.0. The number of quaternary nitrogens is 1. The normalized spacial score (nSPS) is 13.8. The maximum absolute atomic E-state index is 12.7. The Morgan fingerprint density at radius 1 is 0.517 bits per heavy atom. The minimum atomic E-state index is -4.53. The molecule has 2 unspecified atom stereocenters. The van der Waals surface area contributed by atoms with Crippen molar-refractivity contribution in [1.29, 1.82) is 0 Å². The first kappa shape index (κ1) is 59.0. The van der Waals surface area contributed by atoms with E-state index < -0.39 is 13.9 Å². The Bertz CT molecular complexity index is 1010. The highest BCUT2D eigenvalue weighted by Gasteiger charge is 2.20. The van der Waals surface area contributed by atoms with E-state index in [1.807, 2.05) is 21.1 Å². The summed E-state index contributed by atoms with van der Waals surface area (Å²) in [4.78, 5) is 25.2. The summed E-state index contributed by atoms with van der Waals surface area (Å²) in [5.74, 6) is -0.334. The van der Waals surface area contributed by atoms with E-state index >= 15 is 0 Å². The summed E-state index contributed by atoms with van der Waals surface area (Å²) in [6.45, 7) is 5.45. The van der Waals surface area contributed by atoms with E-state index in [4.69, 9.17) is 18.5 Å². The SMILES string of the molecule is CCCCCCC/C=C\C/C=C\CCCCCCCCCCCC(=O)OC(COCCCCCCCCCCCCCCCCCCC)COP(=O)([O-])OCC[N+](C)(C)C. The van der Waals surface area contributed by atoms with Crippen LogP contribution < -0.4 is 4.89 Å². The highest BCUT2D eigenvalue weighted by Crippen LogP contribution is 2.38. The third-order valence-corrected chi connectivity index (χ3v) is 12.2. The molecule has 0 aliphatic heterocycles. The van der Waals surface area contributed by atoms with E-state index in [0.29, 0.717) is 24.1 Å². The third-order valence-electron chi connectivity index (χ3n) is 11.3. The maximum Gasteiger partial charge on any atom is 0.306 e. The quantitative estimate of drug-likeness (QED) is 0.0198. The van der Waals surface area contributed by atoms with Gasteiger partial charge in [0.05, 0.1) is 34.4 Å². The fraction of sp³-hybridized carbons (Fsp3) is 0.902. The van der Waals surface area contributed by atoms with Crippen LogP contribution in [-0.4, -0.2) is 70.7 Å². The van der Waals surface area contributed by atoms with E-state index in [0.717, 1.165) is 38.5 Å². The molecule has 0 spiro atoms. The molecule has 0 aromatic rings. The molecule has 356 valence electrons. The predicted octanol–water partition coefficient (Wildman–Crippen LogP) is 14.9. The average molecular weight is 870 g/mol. The second kappa shape index (κ2) is 44.6. The van der Waals surface area contributed by atoms with Crippen LogP contribution in [0, 0.1) is 0 Å². The van der Waals surface area contributed by atoms with Crippen LogP contribution in [-0.2, 0) is 27.9 Å². The van der Waals surface area contributed by atoms with Crippen LogP contribution in [0.15, 0.2) is 24.3 Å². The number of esters is 1. The number of rotatable bonds is 48. The van der Waals surface area contributed by atoms with Crippen LogP contribution in [0.5, 0.6) is 0 Å². The number of ether oxygens (including phenoxy) is 2. The van der Waals surface area contributed by atoms with Crippen molar-refractivity contribution in [2.45, 2.75) is 245 Å². The number of unbranched alkanes of at least 4 members (excludes halogenated alkanes) is 30. The fourth-order valence-corrected chi connectivity index (χ4v) is 8.01. The number of hydrogen-bond acceptors (Lipinski definition) is 7. The van der Waals surface area contributed by atoms with Gasteiger partial charge in [-0.25, -0.2) is 0 Å². The minimum Gasteiger partial charge on any atom is -0.756 e. The molecule has 0 aliphatic rings. The van der Waals surface area contributed by atoms with Gasteiger partial charge >= 0.3 is 5.97 Å². The molecular formula is C51H100NO7P. The summed E-state index contributed by atoms with van der Waals surface area (Å²) < 4.78 is 34.7. The molecule has 0 radical (unpaired) electrons. The lowest BCUT2D eigenvalue weighted by Crippen LogP contribution is -2.37. The molecule has 0 bridgehead atoms. The van der Waals surface area contributed by atoms with Crippen molar-refractivity contribution in [2.75, 3.05) is 54.1 Å². The largest absolute Gasteiger partial charge is 0.756 e. The minimum absolute atomic E-state index is 0.0276. The number of carbonyl (C=O) groups is 1. The van der Waals surface area contributed by atoms with Gasteiger partial charge in [-0.1, -0.05) is 212 Å². The molecule has 0 rings (SSSR count). The molecular weight excluding hydrogens is 770 g/mol. The highest BCUT2D eigenvalue weighted by molar-refractivity contribution is 7.45. The standard InChI is InChI=1S/C51H100NO7P/c1-6-8-10-12-14-16-18-20-22-24-25-26-27-28-30-32-34-36-38-40-42-44-51(53)59-50(49-58-60(54,55)57-47-45-52(3,4)5)48-56-46-43-41-39-37-35-33-31-29-23-21-19-17-15-13-11-9-7-2/h18,20,24-25,50H,6-17,19,21-23,26-49H2,1-5H3/b20-18-,25-24-. The number of likely N-dealkylation sites (N-methyl/N-ethyl adjacent to an activating group) is 1. The molecule has 60 heavy (non-hydrogen) atoms. The molecule has 9 heteroatoms. The van der Waals surface area contributed by atoms with Gasteiger partial charge in [-0.15, -0.1) is 0 Å². The van der Waals surface area contributed by atoms with E-state index in [2.05, 4.69) is 38.2 Å². The highest BCUT2D eigenvalue weighted by atomic mass is 31.2. The van der Waals surface area contributed by atoms with Gasteiger partial charge < -0.3 is 27.9 Å². The number of carbonyl (C=O) groups excluding carboxylic acids is 1. The van der Waals surface area contributed by atoms with Crippen LogP contribution in [0.3, 0.4) is 0 Å². The van der Waals surface area contributed by atoms with Gasteiger partial charge in [-0.3, -0.25) is 9.36 Å². The molecule has 0 N–H and O–H groups in total. The Balaban J connectivity index is 4.13. The van der Waals surface area contributed by atoms with Crippen molar-refractivity contribution < 1.29 is 37.3 Å². The van der Waals surface area contributed by atoms with E-state index in [-0.39, 0.29) is 25.8 Å². The number of allylic oxidation sites excluding steroid dienone is 4.